The van der Waals surface area contributed by atoms with Gasteiger partial charge in [-0.1, -0.05) is 6.07 Å². The predicted octanol–water partition coefficient (Wildman–Crippen LogP) is 2.49. The summed E-state index contributed by atoms with van der Waals surface area (Å²) in [6, 6.07) is 8.60. The molecule has 1 aliphatic carbocycles. The number of nitrogens with one attached hydrogen (secondary N) is 1. The molecule has 0 aliphatic heterocycles. The summed E-state index contributed by atoms with van der Waals surface area (Å²) < 4.78 is 3.77. The van der Waals surface area contributed by atoms with E-state index in [1.165, 1.54) is 17.5 Å². The van der Waals surface area contributed by atoms with Crippen LogP contribution in [-0.2, 0) is 24.1 Å². The Balaban J connectivity index is 1.84. The highest BCUT2D eigenvalue weighted by molar-refractivity contribution is 5.77. The molecule has 2 heterocycles. The van der Waals surface area contributed by atoms with Gasteiger partial charge in [0.25, 0.3) is 0 Å². The summed E-state index contributed by atoms with van der Waals surface area (Å²) in [5, 5.41) is 11.7. The number of fused-ring (bicyclic) bond motifs is 1. The van der Waals surface area contributed by atoms with Crippen LogP contribution in [0.25, 0.3) is 17.2 Å². The monoisotopic (exact) mass is 364 g/mol. The fourth-order valence-corrected chi connectivity index (χ4v) is 3.60. The van der Waals surface area contributed by atoms with E-state index >= 15 is 0 Å². The minimum atomic E-state index is -0.106. The fraction of sp³-hybridized carbons (Fsp3) is 0.400. The maximum atomic E-state index is 11.8. The van der Waals surface area contributed by atoms with Gasteiger partial charge < -0.3 is 5.32 Å². The molecule has 0 spiro atoms. The molecular formula is C20H24N6O. The van der Waals surface area contributed by atoms with Crippen molar-refractivity contribution in [2.45, 2.75) is 45.6 Å². The van der Waals surface area contributed by atoms with Gasteiger partial charge in [-0.05, 0) is 62.4 Å². The molecule has 0 saturated heterocycles. The first-order valence-electron chi connectivity index (χ1n) is 9.39. The van der Waals surface area contributed by atoms with Gasteiger partial charge in [-0.3, -0.25) is 9.48 Å². The largest absolute Gasteiger partial charge is 0.359 e. The van der Waals surface area contributed by atoms with Crippen molar-refractivity contribution in [3.8, 4) is 17.2 Å². The SMILES string of the molecule is CNC(=O)Cc1nc(-c2ccnn2C(C)C)n(-c2ccc3c(c2)CCC3)n1. The second-order valence-electron chi connectivity index (χ2n) is 7.17. The molecule has 4 rings (SSSR count). The molecule has 140 valence electrons. The quantitative estimate of drug-likeness (QED) is 0.754. The molecule has 0 saturated carbocycles. The zero-order chi connectivity index (χ0) is 19.0. The number of carbonyl (C=O) groups excluding carboxylic acids is 1. The summed E-state index contributed by atoms with van der Waals surface area (Å²) in [5.74, 6) is 1.10. The van der Waals surface area contributed by atoms with E-state index in [9.17, 15) is 4.79 Å². The molecule has 7 nitrogen and oxygen atoms in total. The molecule has 2 aromatic heterocycles. The van der Waals surface area contributed by atoms with Gasteiger partial charge in [-0.25, -0.2) is 9.67 Å². The normalized spacial score (nSPS) is 13.2. The van der Waals surface area contributed by atoms with E-state index in [1.54, 1.807) is 13.2 Å². The van der Waals surface area contributed by atoms with E-state index in [-0.39, 0.29) is 18.4 Å². The second kappa shape index (κ2) is 6.98. The van der Waals surface area contributed by atoms with Gasteiger partial charge in [0.1, 0.15) is 5.69 Å². The first kappa shape index (κ1) is 17.5. The highest BCUT2D eigenvalue weighted by Crippen LogP contribution is 2.28. The van der Waals surface area contributed by atoms with E-state index in [4.69, 9.17) is 0 Å². The summed E-state index contributed by atoms with van der Waals surface area (Å²) in [6.07, 6.45) is 5.36. The van der Waals surface area contributed by atoms with Crippen LogP contribution in [0.1, 0.15) is 43.3 Å². The van der Waals surface area contributed by atoms with E-state index in [0.29, 0.717) is 11.6 Å². The lowest BCUT2D eigenvalue weighted by Gasteiger charge is -2.12. The molecular weight excluding hydrogens is 340 g/mol. The zero-order valence-electron chi connectivity index (χ0n) is 15.9. The average molecular weight is 364 g/mol. The standard InChI is InChI=1S/C20H24N6O/c1-13(2)25-17(9-10-22-25)20-23-18(12-19(27)21-3)24-26(20)16-8-7-14-5-4-6-15(14)11-16/h7-11,13H,4-6,12H2,1-3H3,(H,21,27). The topological polar surface area (TPSA) is 77.6 Å². The molecule has 1 aromatic carbocycles. The second-order valence-corrected chi connectivity index (χ2v) is 7.17. The Morgan fingerprint density at radius 3 is 2.81 bits per heavy atom. The number of rotatable bonds is 5. The van der Waals surface area contributed by atoms with Crippen molar-refractivity contribution in [3.63, 3.8) is 0 Å². The summed E-state index contributed by atoms with van der Waals surface area (Å²) in [6.45, 7) is 4.16. The summed E-state index contributed by atoms with van der Waals surface area (Å²) in [5.41, 5.74) is 4.65. The Hall–Kier alpha value is -2.96. The molecule has 7 heteroatoms. The van der Waals surface area contributed by atoms with Crippen LogP contribution in [0.5, 0.6) is 0 Å². The molecule has 0 atom stereocenters. The van der Waals surface area contributed by atoms with Crippen molar-refractivity contribution in [1.82, 2.24) is 29.9 Å². The Morgan fingerprint density at radius 2 is 2.04 bits per heavy atom. The Kier molecular flexibility index (Phi) is 4.51. The molecule has 0 radical (unpaired) electrons. The maximum absolute atomic E-state index is 11.8. The fourth-order valence-electron chi connectivity index (χ4n) is 3.60. The van der Waals surface area contributed by atoms with E-state index in [2.05, 4.69) is 52.5 Å². The number of hydrogen-bond acceptors (Lipinski definition) is 4. The van der Waals surface area contributed by atoms with Gasteiger partial charge in [0.15, 0.2) is 11.6 Å². The third kappa shape index (κ3) is 3.25. The lowest BCUT2D eigenvalue weighted by atomic mass is 10.1. The molecule has 0 bridgehead atoms. The van der Waals surface area contributed by atoms with Crippen molar-refractivity contribution in [3.05, 3.63) is 47.4 Å². The average Bonchev–Trinajstić information content (AvgIpc) is 3.39. The number of likely N-dealkylation sites (N-methyl/N-ethyl adjacent to an activating group) is 1. The number of carbonyl (C=O) groups is 1. The third-order valence-corrected chi connectivity index (χ3v) is 4.96. The molecule has 3 aromatic rings. The smallest absolute Gasteiger partial charge is 0.227 e. The summed E-state index contributed by atoms with van der Waals surface area (Å²) in [7, 11) is 1.62. The van der Waals surface area contributed by atoms with Gasteiger partial charge in [0, 0.05) is 19.3 Å². The maximum Gasteiger partial charge on any atom is 0.227 e. The van der Waals surface area contributed by atoms with Crippen molar-refractivity contribution >= 4 is 5.91 Å². The van der Waals surface area contributed by atoms with Crippen LogP contribution < -0.4 is 5.32 Å². The third-order valence-electron chi connectivity index (χ3n) is 4.96. The van der Waals surface area contributed by atoms with Gasteiger partial charge >= 0.3 is 0 Å². The number of hydrogen-bond donors (Lipinski definition) is 1. The molecule has 0 unspecified atom stereocenters. The van der Waals surface area contributed by atoms with Crippen molar-refractivity contribution < 1.29 is 4.79 Å². The van der Waals surface area contributed by atoms with Crippen LogP contribution >= 0.6 is 0 Å². The van der Waals surface area contributed by atoms with E-state index in [1.807, 2.05) is 15.4 Å². The van der Waals surface area contributed by atoms with E-state index < -0.39 is 0 Å². The highest BCUT2D eigenvalue weighted by atomic mass is 16.1. The van der Waals surface area contributed by atoms with Gasteiger partial charge in [-0.15, -0.1) is 0 Å². The molecule has 27 heavy (non-hydrogen) atoms. The highest BCUT2D eigenvalue weighted by Gasteiger charge is 2.21. The Morgan fingerprint density at radius 1 is 1.22 bits per heavy atom. The molecule has 1 N–H and O–H groups in total. The molecule has 1 aliphatic rings. The molecule has 0 fully saturated rings. The molecule has 1 amide bonds. The number of amides is 1. The van der Waals surface area contributed by atoms with Crippen LogP contribution in [0.4, 0.5) is 0 Å². The zero-order valence-corrected chi connectivity index (χ0v) is 15.9. The number of aromatic nitrogens is 5. The van der Waals surface area contributed by atoms with E-state index in [0.717, 1.165) is 24.2 Å². The van der Waals surface area contributed by atoms with Crippen molar-refractivity contribution in [1.29, 1.82) is 0 Å². The minimum Gasteiger partial charge on any atom is -0.359 e. The lowest BCUT2D eigenvalue weighted by Crippen LogP contribution is -2.20. The number of nitrogens with zero attached hydrogens (tertiary/aromatic N) is 5. The lowest BCUT2D eigenvalue weighted by molar-refractivity contribution is -0.120. The predicted molar refractivity (Wildman–Crippen MR) is 103 cm³/mol. The van der Waals surface area contributed by atoms with Crippen LogP contribution in [0.2, 0.25) is 0 Å². The number of benzene rings is 1. The Labute approximate surface area is 158 Å². The van der Waals surface area contributed by atoms with Crippen molar-refractivity contribution in [2.24, 2.45) is 0 Å². The van der Waals surface area contributed by atoms with Crippen LogP contribution in [0, 0.1) is 0 Å². The minimum absolute atomic E-state index is 0.106. The van der Waals surface area contributed by atoms with Gasteiger partial charge in [-0.2, -0.15) is 10.2 Å². The Bertz CT molecular complexity index is 984. The van der Waals surface area contributed by atoms with Crippen LogP contribution in [-0.4, -0.2) is 37.5 Å². The summed E-state index contributed by atoms with van der Waals surface area (Å²) in [4.78, 5) is 16.5. The van der Waals surface area contributed by atoms with Crippen molar-refractivity contribution in [2.75, 3.05) is 7.05 Å². The first-order valence-corrected chi connectivity index (χ1v) is 9.39. The van der Waals surface area contributed by atoms with Gasteiger partial charge in [0.05, 0.1) is 12.1 Å². The van der Waals surface area contributed by atoms with Crippen LogP contribution in [0.3, 0.4) is 0 Å². The summed E-state index contributed by atoms with van der Waals surface area (Å²) >= 11 is 0. The number of aryl methyl sites for hydroxylation is 2. The van der Waals surface area contributed by atoms with Crippen LogP contribution in [0.15, 0.2) is 30.5 Å². The first-order chi connectivity index (χ1) is 13.1. The van der Waals surface area contributed by atoms with Gasteiger partial charge in [0.2, 0.25) is 5.91 Å².